The molecule has 0 aliphatic heterocycles. The van der Waals surface area contributed by atoms with Gasteiger partial charge < -0.3 is 14.6 Å². The van der Waals surface area contributed by atoms with Crippen LogP contribution in [0.3, 0.4) is 0 Å². The average Bonchev–Trinajstić information content (AvgIpc) is 2.48. The summed E-state index contributed by atoms with van der Waals surface area (Å²) in [4.78, 5) is 4.11. The Bertz CT molecular complexity index is 572. The summed E-state index contributed by atoms with van der Waals surface area (Å²) >= 11 is 5.96. The molecule has 0 aliphatic carbocycles. The Morgan fingerprint density at radius 3 is 2.60 bits per heavy atom. The van der Waals surface area contributed by atoms with Crippen molar-refractivity contribution in [1.82, 2.24) is 4.98 Å². The minimum absolute atomic E-state index is 0.460. The van der Waals surface area contributed by atoms with Crippen molar-refractivity contribution in [3.05, 3.63) is 52.7 Å². The van der Waals surface area contributed by atoms with Crippen molar-refractivity contribution in [2.24, 2.45) is 0 Å². The molecule has 1 heterocycles. The third kappa shape index (κ3) is 3.40. The molecule has 0 aliphatic rings. The molecule has 1 atom stereocenters. The van der Waals surface area contributed by atoms with Crippen molar-refractivity contribution in [1.29, 1.82) is 0 Å². The van der Waals surface area contributed by atoms with Crippen LogP contribution in [0.15, 0.2) is 36.5 Å². The van der Waals surface area contributed by atoms with Crippen LogP contribution >= 0.6 is 11.6 Å². The highest BCUT2D eigenvalue weighted by molar-refractivity contribution is 6.32. The molecule has 1 aromatic heterocycles. The molecule has 2 rings (SSSR count). The van der Waals surface area contributed by atoms with Gasteiger partial charge in [0.2, 0.25) is 5.88 Å². The third-order valence-corrected chi connectivity index (χ3v) is 3.31. The number of ether oxygens (including phenoxy) is 2. The predicted octanol–water partition coefficient (Wildman–Crippen LogP) is 3.03. The van der Waals surface area contributed by atoms with Crippen molar-refractivity contribution in [3.63, 3.8) is 0 Å². The lowest BCUT2D eigenvalue weighted by atomic mass is 10.0. The van der Waals surface area contributed by atoms with Crippen LogP contribution in [0, 0.1) is 0 Å². The first-order chi connectivity index (χ1) is 9.63. The number of rotatable bonds is 5. The zero-order valence-electron chi connectivity index (χ0n) is 11.3. The fourth-order valence-corrected chi connectivity index (χ4v) is 2.07. The van der Waals surface area contributed by atoms with Crippen LogP contribution in [0.4, 0.5) is 0 Å². The van der Waals surface area contributed by atoms with Gasteiger partial charge in [0, 0.05) is 18.7 Å². The summed E-state index contributed by atoms with van der Waals surface area (Å²) in [5.74, 6) is 1.10. The van der Waals surface area contributed by atoms with Gasteiger partial charge in [0.05, 0.1) is 25.3 Å². The topological polar surface area (TPSA) is 51.6 Å². The molecule has 4 nitrogen and oxygen atoms in total. The number of pyridine rings is 1. The van der Waals surface area contributed by atoms with Gasteiger partial charge in [-0.2, -0.15) is 0 Å². The van der Waals surface area contributed by atoms with E-state index in [1.165, 1.54) is 0 Å². The number of methoxy groups -OCH3 is 2. The molecule has 0 fully saturated rings. The predicted molar refractivity (Wildman–Crippen MR) is 77.5 cm³/mol. The van der Waals surface area contributed by atoms with Gasteiger partial charge in [-0.15, -0.1) is 0 Å². The van der Waals surface area contributed by atoms with E-state index in [0.717, 1.165) is 11.1 Å². The largest absolute Gasteiger partial charge is 0.495 e. The first-order valence-electron chi connectivity index (χ1n) is 6.14. The third-order valence-electron chi connectivity index (χ3n) is 3.00. The summed E-state index contributed by atoms with van der Waals surface area (Å²) in [7, 11) is 3.11. The molecule has 2 aromatic rings. The average molecular weight is 294 g/mol. The van der Waals surface area contributed by atoms with Gasteiger partial charge in [0.15, 0.2) is 0 Å². The maximum Gasteiger partial charge on any atom is 0.212 e. The van der Waals surface area contributed by atoms with E-state index in [1.807, 2.05) is 6.07 Å². The van der Waals surface area contributed by atoms with E-state index >= 15 is 0 Å². The quantitative estimate of drug-likeness (QED) is 0.920. The molecule has 5 heteroatoms. The molecular weight excluding hydrogens is 278 g/mol. The van der Waals surface area contributed by atoms with Crippen molar-refractivity contribution in [2.45, 2.75) is 12.5 Å². The summed E-state index contributed by atoms with van der Waals surface area (Å²) in [5, 5.41) is 10.8. The van der Waals surface area contributed by atoms with Crippen LogP contribution in [0.25, 0.3) is 0 Å². The van der Waals surface area contributed by atoms with Crippen LogP contribution in [-0.2, 0) is 6.42 Å². The molecule has 0 saturated carbocycles. The van der Waals surface area contributed by atoms with Crippen molar-refractivity contribution in [3.8, 4) is 11.6 Å². The molecule has 0 bridgehead atoms. The summed E-state index contributed by atoms with van der Waals surface area (Å²) in [6.45, 7) is 0. The van der Waals surface area contributed by atoms with E-state index in [2.05, 4.69) is 4.98 Å². The number of benzene rings is 1. The highest BCUT2D eigenvalue weighted by Crippen LogP contribution is 2.29. The summed E-state index contributed by atoms with van der Waals surface area (Å²) in [5.41, 5.74) is 1.68. The lowest BCUT2D eigenvalue weighted by Crippen LogP contribution is -2.03. The highest BCUT2D eigenvalue weighted by Gasteiger charge is 2.11. The van der Waals surface area contributed by atoms with Gasteiger partial charge in [-0.1, -0.05) is 23.7 Å². The van der Waals surface area contributed by atoms with Crippen LogP contribution in [-0.4, -0.2) is 24.3 Å². The number of aliphatic hydroxyl groups excluding tert-OH is 1. The second kappa shape index (κ2) is 6.59. The van der Waals surface area contributed by atoms with E-state index in [-0.39, 0.29) is 0 Å². The lowest BCUT2D eigenvalue weighted by molar-refractivity contribution is 0.178. The standard InChI is InChI=1S/C15H16ClNO3/c1-19-14-8-11(4-5-12(14)16)13(18)7-10-3-6-15(20-2)17-9-10/h3-6,8-9,13,18H,7H2,1-2H3. The molecule has 1 N–H and O–H groups in total. The monoisotopic (exact) mass is 293 g/mol. The molecule has 1 aromatic carbocycles. The van der Waals surface area contributed by atoms with Crippen molar-refractivity contribution in [2.75, 3.05) is 14.2 Å². The Labute approximate surface area is 122 Å². The van der Waals surface area contributed by atoms with Gasteiger partial charge >= 0.3 is 0 Å². The zero-order chi connectivity index (χ0) is 14.5. The van der Waals surface area contributed by atoms with Crippen LogP contribution in [0.5, 0.6) is 11.6 Å². The van der Waals surface area contributed by atoms with Gasteiger partial charge in [-0.3, -0.25) is 0 Å². The lowest BCUT2D eigenvalue weighted by Gasteiger charge is -2.13. The molecule has 0 spiro atoms. The van der Waals surface area contributed by atoms with E-state index < -0.39 is 6.10 Å². The second-order valence-electron chi connectivity index (χ2n) is 4.32. The number of hydrogen-bond acceptors (Lipinski definition) is 4. The second-order valence-corrected chi connectivity index (χ2v) is 4.73. The minimum atomic E-state index is -0.642. The number of nitrogens with zero attached hydrogens (tertiary/aromatic N) is 1. The fraction of sp³-hybridized carbons (Fsp3) is 0.267. The first-order valence-corrected chi connectivity index (χ1v) is 6.52. The maximum absolute atomic E-state index is 10.3. The Kier molecular flexibility index (Phi) is 4.82. The smallest absolute Gasteiger partial charge is 0.212 e. The summed E-state index contributed by atoms with van der Waals surface area (Å²) in [6, 6.07) is 8.88. The Balaban J connectivity index is 2.12. The van der Waals surface area contributed by atoms with Crippen LogP contribution in [0.1, 0.15) is 17.2 Å². The molecule has 20 heavy (non-hydrogen) atoms. The number of hydrogen-bond donors (Lipinski definition) is 1. The van der Waals surface area contributed by atoms with E-state index in [4.69, 9.17) is 21.1 Å². The van der Waals surface area contributed by atoms with Crippen LogP contribution < -0.4 is 9.47 Å². The fourth-order valence-electron chi connectivity index (χ4n) is 1.88. The van der Waals surface area contributed by atoms with Gasteiger partial charge in [-0.25, -0.2) is 4.98 Å². The van der Waals surface area contributed by atoms with Gasteiger partial charge in [-0.05, 0) is 23.3 Å². The molecule has 0 saturated heterocycles. The highest BCUT2D eigenvalue weighted by atomic mass is 35.5. The number of aliphatic hydroxyl groups is 1. The molecule has 0 radical (unpaired) electrons. The minimum Gasteiger partial charge on any atom is -0.495 e. The summed E-state index contributed by atoms with van der Waals surface area (Å²) < 4.78 is 10.1. The van der Waals surface area contributed by atoms with E-state index in [9.17, 15) is 5.11 Å². The molecular formula is C15H16ClNO3. The Morgan fingerprint density at radius 1 is 1.20 bits per heavy atom. The van der Waals surface area contributed by atoms with Gasteiger partial charge in [0.25, 0.3) is 0 Å². The van der Waals surface area contributed by atoms with Crippen molar-refractivity contribution >= 4 is 11.6 Å². The van der Waals surface area contributed by atoms with Crippen molar-refractivity contribution < 1.29 is 14.6 Å². The summed E-state index contributed by atoms with van der Waals surface area (Å²) in [6.07, 6.45) is 1.51. The molecule has 1 unspecified atom stereocenters. The van der Waals surface area contributed by atoms with Gasteiger partial charge in [0.1, 0.15) is 5.75 Å². The maximum atomic E-state index is 10.3. The normalized spacial score (nSPS) is 12.0. The molecule has 0 amide bonds. The van der Waals surface area contributed by atoms with E-state index in [0.29, 0.717) is 23.1 Å². The van der Waals surface area contributed by atoms with E-state index in [1.54, 1.807) is 44.7 Å². The van der Waals surface area contributed by atoms with Crippen LogP contribution in [0.2, 0.25) is 5.02 Å². The number of aromatic nitrogens is 1. The number of halogens is 1. The zero-order valence-corrected chi connectivity index (χ0v) is 12.1. The molecule has 106 valence electrons. The Morgan fingerprint density at radius 2 is 2.00 bits per heavy atom. The first kappa shape index (κ1) is 14.6. The SMILES string of the molecule is COc1ccc(CC(O)c2ccc(Cl)c(OC)c2)cn1. The Hall–Kier alpha value is -1.78.